The standard InChI is InChI=1S/C15H24N2O2S/c1-3-4-13-7-8-17(11-13)20(18,19)15-9-14(10-16)6-5-12(15)2/h5-6,9,13H,3-4,7-8,10-11,16H2,1-2H3. The van der Waals surface area contributed by atoms with Crippen LogP contribution in [0, 0.1) is 12.8 Å². The third-order valence-corrected chi connectivity index (χ3v) is 6.06. The topological polar surface area (TPSA) is 63.4 Å². The van der Waals surface area contributed by atoms with E-state index >= 15 is 0 Å². The molecule has 2 rings (SSSR count). The highest BCUT2D eigenvalue weighted by Crippen LogP contribution is 2.28. The molecule has 1 atom stereocenters. The summed E-state index contributed by atoms with van der Waals surface area (Å²) < 4.78 is 27.2. The summed E-state index contributed by atoms with van der Waals surface area (Å²) in [5.41, 5.74) is 7.27. The minimum atomic E-state index is -3.38. The number of sulfonamides is 1. The average Bonchev–Trinajstić information content (AvgIpc) is 2.89. The Labute approximate surface area is 122 Å². The molecule has 0 aliphatic carbocycles. The first-order chi connectivity index (χ1) is 9.48. The fourth-order valence-electron chi connectivity index (χ4n) is 2.85. The third kappa shape index (κ3) is 3.05. The van der Waals surface area contributed by atoms with E-state index in [2.05, 4.69) is 6.92 Å². The van der Waals surface area contributed by atoms with Gasteiger partial charge in [-0.05, 0) is 42.9 Å². The number of rotatable bonds is 5. The van der Waals surface area contributed by atoms with E-state index in [1.807, 2.05) is 19.1 Å². The Balaban J connectivity index is 2.27. The molecule has 1 heterocycles. The summed E-state index contributed by atoms with van der Waals surface area (Å²) in [7, 11) is -3.38. The Morgan fingerprint density at radius 3 is 2.80 bits per heavy atom. The molecule has 0 spiro atoms. The van der Waals surface area contributed by atoms with Crippen LogP contribution in [0.4, 0.5) is 0 Å². The van der Waals surface area contributed by atoms with E-state index in [4.69, 9.17) is 5.73 Å². The largest absolute Gasteiger partial charge is 0.326 e. The van der Waals surface area contributed by atoms with Gasteiger partial charge in [-0.3, -0.25) is 0 Å². The Bertz CT molecular complexity index is 569. The normalized spacial score (nSPS) is 20.4. The lowest BCUT2D eigenvalue weighted by Crippen LogP contribution is -2.29. The maximum atomic E-state index is 12.8. The second-order valence-corrected chi connectivity index (χ2v) is 7.52. The first-order valence-electron chi connectivity index (χ1n) is 7.28. The molecular weight excluding hydrogens is 272 g/mol. The van der Waals surface area contributed by atoms with Gasteiger partial charge in [0.15, 0.2) is 0 Å². The van der Waals surface area contributed by atoms with Crippen LogP contribution in [-0.2, 0) is 16.6 Å². The van der Waals surface area contributed by atoms with Gasteiger partial charge < -0.3 is 5.73 Å². The fraction of sp³-hybridized carbons (Fsp3) is 0.600. The molecule has 1 aromatic rings. The minimum Gasteiger partial charge on any atom is -0.326 e. The molecule has 0 saturated carbocycles. The zero-order valence-corrected chi connectivity index (χ0v) is 13.1. The molecule has 0 amide bonds. The van der Waals surface area contributed by atoms with Crippen molar-refractivity contribution in [2.45, 2.75) is 44.6 Å². The van der Waals surface area contributed by atoms with Crippen LogP contribution in [0.5, 0.6) is 0 Å². The van der Waals surface area contributed by atoms with E-state index in [0.29, 0.717) is 30.4 Å². The monoisotopic (exact) mass is 296 g/mol. The van der Waals surface area contributed by atoms with Crippen LogP contribution in [-0.4, -0.2) is 25.8 Å². The van der Waals surface area contributed by atoms with Crippen molar-refractivity contribution >= 4 is 10.0 Å². The van der Waals surface area contributed by atoms with Gasteiger partial charge in [0.1, 0.15) is 0 Å². The second kappa shape index (κ2) is 6.24. The molecule has 4 nitrogen and oxygen atoms in total. The van der Waals surface area contributed by atoms with Crippen LogP contribution in [0.1, 0.15) is 37.3 Å². The van der Waals surface area contributed by atoms with Crippen LogP contribution in [0.15, 0.2) is 23.1 Å². The van der Waals surface area contributed by atoms with Gasteiger partial charge in [0.05, 0.1) is 4.90 Å². The number of hydrogen-bond acceptors (Lipinski definition) is 3. The molecule has 1 aliphatic heterocycles. The fourth-order valence-corrected chi connectivity index (χ4v) is 4.65. The van der Waals surface area contributed by atoms with Crippen LogP contribution >= 0.6 is 0 Å². The molecule has 1 aromatic carbocycles. The average molecular weight is 296 g/mol. The highest BCUT2D eigenvalue weighted by Gasteiger charge is 2.32. The molecule has 0 aromatic heterocycles. The van der Waals surface area contributed by atoms with E-state index < -0.39 is 10.0 Å². The van der Waals surface area contributed by atoms with Crippen LogP contribution in [0.2, 0.25) is 0 Å². The van der Waals surface area contributed by atoms with Crippen LogP contribution < -0.4 is 5.73 Å². The molecule has 1 fully saturated rings. The number of nitrogens with zero attached hydrogens (tertiary/aromatic N) is 1. The van der Waals surface area contributed by atoms with Crippen molar-refractivity contribution in [1.82, 2.24) is 4.31 Å². The van der Waals surface area contributed by atoms with Gasteiger partial charge in [0.2, 0.25) is 10.0 Å². The van der Waals surface area contributed by atoms with Crippen molar-refractivity contribution in [3.8, 4) is 0 Å². The van der Waals surface area contributed by atoms with Crippen molar-refractivity contribution in [2.75, 3.05) is 13.1 Å². The van der Waals surface area contributed by atoms with Gasteiger partial charge in [-0.15, -0.1) is 0 Å². The van der Waals surface area contributed by atoms with E-state index in [1.54, 1.807) is 10.4 Å². The highest BCUT2D eigenvalue weighted by molar-refractivity contribution is 7.89. The third-order valence-electron chi connectivity index (χ3n) is 4.05. The Morgan fingerprint density at radius 1 is 1.40 bits per heavy atom. The van der Waals surface area contributed by atoms with Crippen molar-refractivity contribution in [3.05, 3.63) is 29.3 Å². The summed E-state index contributed by atoms with van der Waals surface area (Å²) in [6, 6.07) is 5.45. The summed E-state index contributed by atoms with van der Waals surface area (Å²) in [6.45, 7) is 5.64. The molecule has 1 unspecified atom stereocenters. The lowest BCUT2D eigenvalue weighted by atomic mass is 10.0. The molecule has 1 aliphatic rings. The predicted octanol–water partition coefficient (Wildman–Crippen LogP) is 2.26. The summed E-state index contributed by atoms with van der Waals surface area (Å²) in [5, 5.41) is 0. The SMILES string of the molecule is CCCC1CCN(S(=O)(=O)c2cc(CN)ccc2C)C1. The predicted molar refractivity (Wildman–Crippen MR) is 80.8 cm³/mol. The zero-order valence-electron chi connectivity index (χ0n) is 12.3. The number of aryl methyl sites for hydroxylation is 1. The number of hydrogen-bond donors (Lipinski definition) is 1. The van der Waals surface area contributed by atoms with Gasteiger partial charge in [-0.25, -0.2) is 8.42 Å². The number of benzene rings is 1. The van der Waals surface area contributed by atoms with Gasteiger partial charge >= 0.3 is 0 Å². The molecule has 1 saturated heterocycles. The Morgan fingerprint density at radius 2 is 2.15 bits per heavy atom. The molecule has 5 heteroatoms. The van der Waals surface area contributed by atoms with Gasteiger partial charge in [-0.1, -0.05) is 25.5 Å². The summed E-state index contributed by atoms with van der Waals surface area (Å²) in [4.78, 5) is 0.414. The lowest BCUT2D eigenvalue weighted by molar-refractivity contribution is 0.444. The van der Waals surface area contributed by atoms with Crippen molar-refractivity contribution in [1.29, 1.82) is 0 Å². The van der Waals surface area contributed by atoms with Crippen molar-refractivity contribution in [2.24, 2.45) is 11.7 Å². The first-order valence-corrected chi connectivity index (χ1v) is 8.72. The molecule has 20 heavy (non-hydrogen) atoms. The lowest BCUT2D eigenvalue weighted by Gasteiger charge is -2.18. The highest BCUT2D eigenvalue weighted by atomic mass is 32.2. The van der Waals surface area contributed by atoms with Crippen LogP contribution in [0.25, 0.3) is 0 Å². The Hall–Kier alpha value is -0.910. The summed E-state index contributed by atoms with van der Waals surface area (Å²) in [6.07, 6.45) is 3.19. The molecule has 2 N–H and O–H groups in total. The van der Waals surface area contributed by atoms with Crippen molar-refractivity contribution in [3.63, 3.8) is 0 Å². The van der Waals surface area contributed by atoms with Gasteiger partial charge in [0.25, 0.3) is 0 Å². The quantitative estimate of drug-likeness (QED) is 0.906. The smallest absolute Gasteiger partial charge is 0.243 e. The molecule has 0 radical (unpaired) electrons. The van der Waals surface area contributed by atoms with E-state index in [1.165, 1.54) is 0 Å². The van der Waals surface area contributed by atoms with E-state index in [9.17, 15) is 8.42 Å². The summed E-state index contributed by atoms with van der Waals surface area (Å²) in [5.74, 6) is 0.507. The maximum Gasteiger partial charge on any atom is 0.243 e. The van der Waals surface area contributed by atoms with Crippen molar-refractivity contribution < 1.29 is 8.42 Å². The Kier molecular flexibility index (Phi) is 4.83. The van der Waals surface area contributed by atoms with E-state index in [-0.39, 0.29) is 0 Å². The van der Waals surface area contributed by atoms with Gasteiger partial charge in [0, 0.05) is 19.6 Å². The number of nitrogens with two attached hydrogens (primary N) is 1. The molecule has 112 valence electrons. The molecule has 0 bridgehead atoms. The minimum absolute atomic E-state index is 0.362. The van der Waals surface area contributed by atoms with Gasteiger partial charge in [-0.2, -0.15) is 4.31 Å². The second-order valence-electron chi connectivity index (χ2n) is 5.61. The van der Waals surface area contributed by atoms with Crippen LogP contribution in [0.3, 0.4) is 0 Å². The first kappa shape index (κ1) is 15.5. The van der Waals surface area contributed by atoms with E-state index in [0.717, 1.165) is 30.4 Å². The summed E-state index contributed by atoms with van der Waals surface area (Å²) >= 11 is 0. The maximum absolute atomic E-state index is 12.8. The zero-order chi connectivity index (χ0) is 14.8. The molecular formula is C15H24N2O2S.